The van der Waals surface area contributed by atoms with Gasteiger partial charge in [-0.3, -0.25) is 19.1 Å². The summed E-state index contributed by atoms with van der Waals surface area (Å²) in [5, 5.41) is 6.71. The molecule has 0 fully saturated rings. The summed E-state index contributed by atoms with van der Waals surface area (Å²) >= 11 is 3.08. The predicted octanol–water partition coefficient (Wildman–Crippen LogP) is 3.18. The van der Waals surface area contributed by atoms with E-state index >= 15 is 0 Å². The van der Waals surface area contributed by atoms with E-state index in [1.54, 1.807) is 15.9 Å². The Balaban J connectivity index is 1.52. The summed E-state index contributed by atoms with van der Waals surface area (Å²) in [5.41, 5.74) is 1.35. The molecule has 4 heterocycles. The van der Waals surface area contributed by atoms with E-state index in [2.05, 4.69) is 15.0 Å². The number of aromatic nitrogens is 5. The number of thiazole rings is 1. The molecule has 4 aromatic heterocycles. The molecule has 168 valence electrons. The van der Waals surface area contributed by atoms with Crippen LogP contribution in [0.2, 0.25) is 0 Å². The number of aromatic amines is 1. The average molecular weight is 474 g/mol. The Hall–Kier alpha value is -3.05. The van der Waals surface area contributed by atoms with Gasteiger partial charge < -0.3 is 9.30 Å². The van der Waals surface area contributed by atoms with Crippen molar-refractivity contribution >= 4 is 39.8 Å². The summed E-state index contributed by atoms with van der Waals surface area (Å²) in [5.74, 6) is -0.00593. The van der Waals surface area contributed by atoms with Gasteiger partial charge in [-0.1, -0.05) is 13.3 Å². The van der Waals surface area contributed by atoms with Crippen LogP contribution >= 0.6 is 22.7 Å². The number of hydrogen-bond donors (Lipinski definition) is 1. The van der Waals surface area contributed by atoms with Crippen molar-refractivity contribution in [1.82, 2.24) is 24.1 Å². The largest absolute Gasteiger partial charge is 0.457 e. The van der Waals surface area contributed by atoms with E-state index in [1.165, 1.54) is 15.9 Å². The van der Waals surface area contributed by atoms with Gasteiger partial charge in [0.25, 0.3) is 5.56 Å². The van der Waals surface area contributed by atoms with Crippen LogP contribution in [0.25, 0.3) is 21.7 Å². The summed E-state index contributed by atoms with van der Waals surface area (Å²) in [4.78, 5) is 48.5. The highest BCUT2D eigenvalue weighted by molar-refractivity contribution is 7.14. The second-order valence-electron chi connectivity index (χ2n) is 7.20. The summed E-state index contributed by atoms with van der Waals surface area (Å²) in [6.07, 6.45) is 1.73. The van der Waals surface area contributed by atoms with Crippen LogP contribution in [-0.2, 0) is 35.6 Å². The number of carbonyl (C=O) groups is 1. The zero-order valence-electron chi connectivity index (χ0n) is 17.8. The van der Waals surface area contributed by atoms with Crippen molar-refractivity contribution in [1.29, 1.82) is 0 Å². The molecule has 1 N–H and O–H groups in total. The first kappa shape index (κ1) is 22.2. The van der Waals surface area contributed by atoms with Gasteiger partial charge in [-0.25, -0.2) is 14.8 Å². The Morgan fingerprint density at radius 1 is 1.19 bits per heavy atom. The molecule has 4 aromatic rings. The molecule has 0 amide bonds. The maximum Gasteiger partial charge on any atom is 0.330 e. The minimum atomic E-state index is -0.492. The number of esters is 1. The van der Waals surface area contributed by atoms with Gasteiger partial charge in [-0.2, -0.15) is 11.3 Å². The first-order chi connectivity index (χ1) is 15.5. The van der Waals surface area contributed by atoms with Gasteiger partial charge in [0.15, 0.2) is 11.2 Å². The van der Waals surface area contributed by atoms with Crippen LogP contribution in [0.4, 0.5) is 0 Å². The normalized spacial score (nSPS) is 11.3. The Labute approximate surface area is 191 Å². The van der Waals surface area contributed by atoms with Crippen LogP contribution in [0.5, 0.6) is 0 Å². The fraction of sp³-hybridized carbons (Fsp3) is 0.381. The van der Waals surface area contributed by atoms with Gasteiger partial charge in [0, 0.05) is 29.4 Å². The zero-order valence-corrected chi connectivity index (χ0v) is 19.4. The van der Waals surface area contributed by atoms with Gasteiger partial charge in [0.2, 0.25) is 0 Å². The maximum atomic E-state index is 12.5. The highest BCUT2D eigenvalue weighted by atomic mass is 32.1. The smallest absolute Gasteiger partial charge is 0.330 e. The average Bonchev–Trinajstić information content (AvgIpc) is 3.51. The van der Waals surface area contributed by atoms with Crippen molar-refractivity contribution in [2.45, 2.75) is 52.8 Å². The summed E-state index contributed by atoms with van der Waals surface area (Å²) in [7, 11) is 0. The number of aryl methyl sites for hydroxylation is 2. The van der Waals surface area contributed by atoms with E-state index < -0.39 is 17.2 Å². The van der Waals surface area contributed by atoms with E-state index in [9.17, 15) is 14.4 Å². The van der Waals surface area contributed by atoms with Gasteiger partial charge in [-0.15, -0.1) is 11.3 Å². The number of ether oxygens (including phenoxy) is 1. The summed E-state index contributed by atoms with van der Waals surface area (Å²) in [6.45, 7) is 4.71. The first-order valence-electron chi connectivity index (χ1n) is 10.4. The Morgan fingerprint density at radius 3 is 2.75 bits per heavy atom. The number of hydrogen-bond acceptors (Lipinski definition) is 8. The van der Waals surface area contributed by atoms with Crippen molar-refractivity contribution in [3.8, 4) is 10.6 Å². The van der Waals surface area contributed by atoms with Crippen molar-refractivity contribution in [3.63, 3.8) is 0 Å². The van der Waals surface area contributed by atoms with Crippen molar-refractivity contribution < 1.29 is 9.53 Å². The van der Waals surface area contributed by atoms with Crippen LogP contribution in [-0.4, -0.2) is 30.1 Å². The molecule has 0 spiro atoms. The van der Waals surface area contributed by atoms with E-state index in [0.29, 0.717) is 35.8 Å². The minimum Gasteiger partial charge on any atom is -0.457 e. The number of carbonyl (C=O) groups excluding carboxylic acids is 1. The SMILES string of the molecule is CCCCn1c(=O)[nH]c(=O)c2c1nc(COC(=O)Cc1csc(-c3ccsc3)n1)n2CC. The molecule has 0 saturated carbocycles. The maximum absolute atomic E-state index is 12.5. The molecule has 9 nitrogen and oxygen atoms in total. The lowest BCUT2D eigenvalue weighted by atomic mass is 10.3. The Bertz CT molecular complexity index is 1350. The van der Waals surface area contributed by atoms with Crippen LogP contribution < -0.4 is 11.2 Å². The van der Waals surface area contributed by atoms with Crippen molar-refractivity contribution in [2.75, 3.05) is 0 Å². The third-order valence-corrected chi connectivity index (χ3v) is 6.65. The molecule has 0 atom stereocenters. The second kappa shape index (κ2) is 9.61. The fourth-order valence-corrected chi connectivity index (χ4v) is 4.97. The number of fused-ring (bicyclic) bond motifs is 1. The molecule has 0 aliphatic carbocycles. The number of H-pyrrole nitrogens is 1. The predicted molar refractivity (Wildman–Crippen MR) is 124 cm³/mol. The fourth-order valence-electron chi connectivity index (χ4n) is 3.44. The third kappa shape index (κ3) is 4.44. The number of rotatable bonds is 9. The molecule has 0 aliphatic rings. The molecule has 0 unspecified atom stereocenters. The molecule has 0 aliphatic heterocycles. The third-order valence-electron chi connectivity index (χ3n) is 5.02. The standard InChI is InChI=1S/C21H23N5O4S2/c1-3-5-7-26-18-17(19(28)24-21(26)29)25(4-2)15(23-18)10-30-16(27)9-14-12-32-20(22-14)13-6-8-31-11-13/h6,8,11-12H,3-5,7,9-10H2,1-2H3,(H,24,28,29). The van der Waals surface area contributed by atoms with E-state index in [4.69, 9.17) is 4.74 Å². The molecular weight excluding hydrogens is 450 g/mol. The minimum absolute atomic E-state index is 0.0504. The lowest BCUT2D eigenvalue weighted by Crippen LogP contribution is -2.31. The molecular formula is C21H23N5O4S2. The van der Waals surface area contributed by atoms with Gasteiger partial charge in [0.05, 0.1) is 12.1 Å². The first-order valence-corrected chi connectivity index (χ1v) is 12.2. The van der Waals surface area contributed by atoms with Crippen LogP contribution in [0, 0.1) is 0 Å². The monoisotopic (exact) mass is 473 g/mol. The quantitative estimate of drug-likeness (QED) is 0.374. The second-order valence-corrected chi connectivity index (χ2v) is 8.84. The topological polar surface area (TPSA) is 112 Å². The van der Waals surface area contributed by atoms with Gasteiger partial charge in [-0.05, 0) is 24.8 Å². The highest BCUT2D eigenvalue weighted by Gasteiger charge is 2.19. The number of unbranched alkanes of at least 4 members (excludes halogenated alkanes) is 1. The lowest BCUT2D eigenvalue weighted by Gasteiger charge is -2.07. The molecule has 0 saturated heterocycles. The van der Waals surface area contributed by atoms with Crippen molar-refractivity contribution in [3.05, 3.63) is 54.6 Å². The van der Waals surface area contributed by atoms with Crippen LogP contribution in [0.15, 0.2) is 31.8 Å². The van der Waals surface area contributed by atoms with Crippen LogP contribution in [0.1, 0.15) is 38.2 Å². The summed E-state index contributed by atoms with van der Waals surface area (Å²) in [6, 6.07) is 1.99. The number of thiophene rings is 1. The Kier molecular flexibility index (Phi) is 6.66. The van der Waals surface area contributed by atoms with Crippen molar-refractivity contribution in [2.24, 2.45) is 0 Å². The van der Waals surface area contributed by atoms with E-state index in [-0.39, 0.29) is 13.0 Å². The molecule has 32 heavy (non-hydrogen) atoms. The molecule has 11 heteroatoms. The number of nitrogens with zero attached hydrogens (tertiary/aromatic N) is 4. The van der Waals surface area contributed by atoms with E-state index in [1.807, 2.05) is 36.1 Å². The number of imidazole rings is 1. The highest BCUT2D eigenvalue weighted by Crippen LogP contribution is 2.26. The summed E-state index contributed by atoms with van der Waals surface area (Å²) < 4.78 is 8.59. The number of nitrogens with one attached hydrogen (secondary N) is 1. The van der Waals surface area contributed by atoms with Gasteiger partial charge in [0.1, 0.15) is 17.4 Å². The van der Waals surface area contributed by atoms with Gasteiger partial charge >= 0.3 is 11.7 Å². The Morgan fingerprint density at radius 2 is 2.03 bits per heavy atom. The molecule has 0 aromatic carbocycles. The molecule has 0 radical (unpaired) electrons. The lowest BCUT2D eigenvalue weighted by molar-refractivity contribution is -0.144. The molecule has 0 bridgehead atoms. The molecule has 4 rings (SSSR count). The zero-order chi connectivity index (χ0) is 22.7. The van der Waals surface area contributed by atoms with E-state index in [0.717, 1.165) is 23.4 Å². The van der Waals surface area contributed by atoms with Crippen LogP contribution in [0.3, 0.4) is 0 Å².